The molecule has 6 nitrogen and oxygen atoms in total. The molecule has 23 heavy (non-hydrogen) atoms. The lowest BCUT2D eigenvalue weighted by molar-refractivity contribution is 0.102. The van der Waals surface area contributed by atoms with Crippen LogP contribution in [0.25, 0.3) is 11.4 Å². The summed E-state index contributed by atoms with van der Waals surface area (Å²) in [7, 11) is 0. The van der Waals surface area contributed by atoms with Gasteiger partial charge in [0, 0.05) is 16.8 Å². The van der Waals surface area contributed by atoms with Gasteiger partial charge in [-0.25, -0.2) is 4.79 Å². The number of carbonyl (C=O) groups excluding carboxylic acids is 1. The van der Waals surface area contributed by atoms with Gasteiger partial charge in [0.2, 0.25) is 0 Å². The topological polar surface area (TPSA) is 88.0 Å². The van der Waals surface area contributed by atoms with Crippen LogP contribution in [0.15, 0.2) is 51.8 Å². The van der Waals surface area contributed by atoms with E-state index in [2.05, 4.69) is 20.0 Å². The maximum Gasteiger partial charge on any atom is 0.439 e. The molecule has 0 unspecified atom stereocenters. The fourth-order valence-corrected chi connectivity index (χ4v) is 2.34. The lowest BCUT2D eigenvalue weighted by Crippen LogP contribution is -2.12. The minimum atomic E-state index is -0.619. The molecule has 0 fully saturated rings. The molecule has 6 heteroatoms. The van der Waals surface area contributed by atoms with E-state index in [9.17, 15) is 9.59 Å². The van der Waals surface area contributed by atoms with Crippen molar-refractivity contribution in [2.45, 2.75) is 13.8 Å². The molecular formula is C17H15N3O3. The van der Waals surface area contributed by atoms with Crippen LogP contribution in [0.4, 0.5) is 5.69 Å². The number of anilines is 1. The third-order valence-corrected chi connectivity index (χ3v) is 3.33. The number of hydrogen-bond donors (Lipinski definition) is 2. The first kappa shape index (κ1) is 14.8. The van der Waals surface area contributed by atoms with Crippen molar-refractivity contribution in [3.8, 4) is 11.4 Å². The van der Waals surface area contributed by atoms with Gasteiger partial charge < -0.3 is 5.32 Å². The summed E-state index contributed by atoms with van der Waals surface area (Å²) in [5.74, 6) is -0.490. The molecule has 0 atom stereocenters. The van der Waals surface area contributed by atoms with E-state index in [1.807, 2.05) is 44.2 Å². The molecule has 0 saturated heterocycles. The molecule has 3 aromatic rings. The first-order valence-electron chi connectivity index (χ1n) is 7.07. The lowest BCUT2D eigenvalue weighted by Gasteiger charge is -2.08. The van der Waals surface area contributed by atoms with Crippen molar-refractivity contribution < 1.29 is 9.32 Å². The summed E-state index contributed by atoms with van der Waals surface area (Å²) in [4.78, 5) is 25.9. The molecule has 0 spiro atoms. The van der Waals surface area contributed by atoms with Crippen molar-refractivity contribution in [2.24, 2.45) is 0 Å². The molecule has 3 rings (SSSR count). The summed E-state index contributed by atoms with van der Waals surface area (Å²) < 4.78 is 4.51. The van der Waals surface area contributed by atoms with Crippen molar-refractivity contribution >= 4 is 11.6 Å². The van der Waals surface area contributed by atoms with Crippen molar-refractivity contribution in [3.63, 3.8) is 0 Å². The molecule has 0 saturated carbocycles. The van der Waals surface area contributed by atoms with Gasteiger partial charge in [-0.15, -0.1) is 0 Å². The monoisotopic (exact) mass is 309 g/mol. The van der Waals surface area contributed by atoms with E-state index in [1.54, 1.807) is 12.1 Å². The van der Waals surface area contributed by atoms with E-state index >= 15 is 0 Å². The zero-order valence-corrected chi connectivity index (χ0v) is 12.7. The Hall–Kier alpha value is -3.15. The van der Waals surface area contributed by atoms with Crippen molar-refractivity contribution in [1.82, 2.24) is 10.1 Å². The van der Waals surface area contributed by atoms with Gasteiger partial charge in [0.25, 0.3) is 5.91 Å². The molecule has 0 radical (unpaired) electrons. The summed E-state index contributed by atoms with van der Waals surface area (Å²) >= 11 is 0. The molecule has 1 heterocycles. The van der Waals surface area contributed by atoms with Gasteiger partial charge in [-0.05, 0) is 49.7 Å². The highest BCUT2D eigenvalue weighted by Gasteiger charge is 2.10. The summed E-state index contributed by atoms with van der Waals surface area (Å²) in [6, 6.07) is 12.8. The smallest absolute Gasteiger partial charge is 0.322 e. The van der Waals surface area contributed by atoms with E-state index in [0.717, 1.165) is 11.1 Å². The fourth-order valence-electron chi connectivity index (χ4n) is 2.34. The summed E-state index contributed by atoms with van der Waals surface area (Å²) in [5.41, 5.74) is 3.81. The van der Waals surface area contributed by atoms with Crippen molar-refractivity contribution in [2.75, 3.05) is 5.32 Å². The van der Waals surface area contributed by atoms with Crippen molar-refractivity contribution in [3.05, 3.63) is 69.7 Å². The van der Waals surface area contributed by atoms with E-state index in [1.165, 1.54) is 0 Å². The van der Waals surface area contributed by atoms with Crippen LogP contribution in [0.1, 0.15) is 21.5 Å². The largest absolute Gasteiger partial charge is 0.439 e. The molecule has 0 bridgehead atoms. The van der Waals surface area contributed by atoms with E-state index < -0.39 is 5.76 Å². The minimum absolute atomic E-state index is 0.195. The number of nitrogens with one attached hydrogen (secondary N) is 2. The number of benzene rings is 2. The quantitative estimate of drug-likeness (QED) is 0.778. The number of carbonyl (C=O) groups is 1. The molecule has 1 amide bonds. The second-order valence-electron chi connectivity index (χ2n) is 5.35. The Bertz CT molecular complexity index is 925. The first-order valence-corrected chi connectivity index (χ1v) is 7.07. The van der Waals surface area contributed by atoms with Crippen LogP contribution in [0.2, 0.25) is 0 Å². The van der Waals surface area contributed by atoms with Crippen molar-refractivity contribution in [1.29, 1.82) is 0 Å². The fraction of sp³-hybridized carbons (Fsp3) is 0.118. The Morgan fingerprint density at radius 1 is 1.13 bits per heavy atom. The lowest BCUT2D eigenvalue weighted by atomic mass is 10.1. The minimum Gasteiger partial charge on any atom is -0.322 e. The molecule has 0 aliphatic rings. The Morgan fingerprint density at radius 2 is 1.96 bits per heavy atom. The molecular weight excluding hydrogens is 294 g/mol. The number of aromatic amines is 1. The van der Waals surface area contributed by atoms with Gasteiger partial charge in [-0.2, -0.15) is 0 Å². The molecule has 1 aromatic heterocycles. The average molecular weight is 309 g/mol. The Balaban J connectivity index is 1.90. The third-order valence-electron chi connectivity index (χ3n) is 3.33. The van der Waals surface area contributed by atoms with Crippen LogP contribution in [0.3, 0.4) is 0 Å². The highest BCUT2D eigenvalue weighted by Crippen LogP contribution is 2.22. The van der Waals surface area contributed by atoms with Gasteiger partial charge in [0.1, 0.15) is 0 Å². The number of aryl methyl sites for hydroxylation is 2. The summed E-state index contributed by atoms with van der Waals surface area (Å²) in [6.07, 6.45) is 0. The second kappa shape index (κ2) is 5.92. The zero-order chi connectivity index (χ0) is 16.4. The molecule has 0 aliphatic carbocycles. The number of rotatable bonds is 3. The molecule has 2 aromatic carbocycles. The van der Waals surface area contributed by atoms with Crippen LogP contribution in [-0.4, -0.2) is 16.0 Å². The maximum atomic E-state index is 12.3. The highest BCUT2D eigenvalue weighted by atomic mass is 16.5. The average Bonchev–Trinajstić information content (AvgIpc) is 2.93. The highest BCUT2D eigenvalue weighted by molar-refractivity contribution is 6.04. The SMILES string of the molecule is Cc1cccc(C(=O)Nc2cc(C)cc(-c3noc(=O)[nH]3)c2)c1. The van der Waals surface area contributed by atoms with E-state index in [4.69, 9.17) is 0 Å². The van der Waals surface area contributed by atoms with Gasteiger partial charge >= 0.3 is 5.76 Å². The van der Waals surface area contributed by atoms with Gasteiger partial charge in [0.15, 0.2) is 5.82 Å². The van der Waals surface area contributed by atoms with E-state index in [0.29, 0.717) is 22.6 Å². The number of H-pyrrole nitrogens is 1. The van der Waals surface area contributed by atoms with Crippen LogP contribution < -0.4 is 11.1 Å². The van der Waals surface area contributed by atoms with Crippen LogP contribution in [0, 0.1) is 13.8 Å². The molecule has 0 aliphatic heterocycles. The Morgan fingerprint density at radius 3 is 2.65 bits per heavy atom. The van der Waals surface area contributed by atoms with Gasteiger partial charge in [0.05, 0.1) is 0 Å². The zero-order valence-electron chi connectivity index (χ0n) is 12.7. The second-order valence-corrected chi connectivity index (χ2v) is 5.35. The molecule has 116 valence electrons. The number of nitrogens with zero attached hydrogens (tertiary/aromatic N) is 1. The Labute approximate surface area is 132 Å². The van der Waals surface area contributed by atoms with E-state index in [-0.39, 0.29) is 5.91 Å². The first-order chi connectivity index (χ1) is 11.0. The van der Waals surface area contributed by atoms with Crippen LogP contribution in [0.5, 0.6) is 0 Å². The Kier molecular flexibility index (Phi) is 3.80. The summed E-state index contributed by atoms with van der Waals surface area (Å²) in [6.45, 7) is 3.83. The van der Waals surface area contributed by atoms with Crippen LogP contribution in [-0.2, 0) is 0 Å². The molecule has 2 N–H and O–H groups in total. The van der Waals surface area contributed by atoms with Crippen LogP contribution >= 0.6 is 0 Å². The number of aromatic nitrogens is 2. The number of hydrogen-bond acceptors (Lipinski definition) is 4. The number of amides is 1. The van der Waals surface area contributed by atoms with Gasteiger partial charge in [-0.3, -0.25) is 14.3 Å². The predicted octanol–water partition coefficient (Wildman–Crippen LogP) is 2.90. The standard InChI is InChI=1S/C17H15N3O3/c1-10-4-3-5-12(6-10)16(21)18-14-8-11(2)7-13(9-14)15-19-17(22)23-20-15/h3-9H,1-2H3,(H,18,21)(H,19,20,22). The normalized spacial score (nSPS) is 10.5. The maximum absolute atomic E-state index is 12.3. The predicted molar refractivity (Wildman–Crippen MR) is 86.4 cm³/mol. The summed E-state index contributed by atoms with van der Waals surface area (Å²) in [5, 5.41) is 6.52. The van der Waals surface area contributed by atoms with Gasteiger partial charge in [-0.1, -0.05) is 22.9 Å². The third kappa shape index (κ3) is 3.37.